The van der Waals surface area contributed by atoms with Crippen LogP contribution in [0.4, 0.5) is 0 Å². The smallest absolute Gasteiger partial charge is 0.258 e. The number of nitrogens with one attached hydrogen (secondary N) is 1. The molecule has 0 saturated carbocycles. The first-order valence-corrected chi connectivity index (χ1v) is 9.75. The molecular weight excluding hydrogens is 352 g/mol. The second-order valence-corrected chi connectivity index (χ2v) is 7.36. The van der Waals surface area contributed by atoms with E-state index in [0.29, 0.717) is 19.0 Å². The Morgan fingerprint density at radius 1 is 1.31 bits per heavy atom. The molecule has 1 aromatic carbocycles. The number of ether oxygens (including phenoxy) is 2. The quantitative estimate of drug-likeness (QED) is 0.556. The molecule has 1 aromatic rings. The van der Waals surface area contributed by atoms with Crippen molar-refractivity contribution in [3.8, 4) is 5.75 Å². The first-order chi connectivity index (χ1) is 12.6. The maximum Gasteiger partial charge on any atom is 0.258 e. The van der Waals surface area contributed by atoms with E-state index in [4.69, 9.17) is 9.47 Å². The summed E-state index contributed by atoms with van der Waals surface area (Å²) in [6.07, 6.45) is 0.946. The number of carbonyl (C=O) groups excluding carboxylic acids is 2. The van der Waals surface area contributed by atoms with E-state index in [2.05, 4.69) is 17.6 Å². The van der Waals surface area contributed by atoms with Crippen LogP contribution in [0.1, 0.15) is 20.3 Å². The number of rotatable bonds is 8. The van der Waals surface area contributed by atoms with Gasteiger partial charge in [-0.05, 0) is 36.5 Å². The predicted octanol–water partition coefficient (Wildman–Crippen LogP) is 2.16. The van der Waals surface area contributed by atoms with Gasteiger partial charge < -0.3 is 19.7 Å². The van der Waals surface area contributed by atoms with Gasteiger partial charge >= 0.3 is 0 Å². The van der Waals surface area contributed by atoms with Crippen LogP contribution in [0.3, 0.4) is 0 Å². The van der Waals surface area contributed by atoms with Gasteiger partial charge in [-0.3, -0.25) is 9.59 Å². The molecule has 0 aliphatic carbocycles. The van der Waals surface area contributed by atoms with Crippen LogP contribution in [0, 0.1) is 0 Å². The maximum absolute atomic E-state index is 12.6. The number of amides is 2. The highest BCUT2D eigenvalue weighted by Crippen LogP contribution is 2.39. The monoisotopic (exact) mass is 376 g/mol. The largest absolute Gasteiger partial charge is 0.484 e. The lowest BCUT2D eigenvalue weighted by molar-refractivity contribution is -0.153. The Morgan fingerprint density at radius 2 is 2.08 bits per heavy atom. The lowest BCUT2D eigenvalue weighted by Crippen LogP contribution is -2.73. The maximum atomic E-state index is 12.6. The zero-order chi connectivity index (χ0) is 18.5. The van der Waals surface area contributed by atoms with Crippen molar-refractivity contribution in [2.45, 2.75) is 37.7 Å². The van der Waals surface area contributed by atoms with E-state index >= 15 is 0 Å². The van der Waals surface area contributed by atoms with Crippen LogP contribution in [0.25, 0.3) is 0 Å². The van der Waals surface area contributed by atoms with Gasteiger partial charge in [0.25, 0.3) is 5.91 Å². The van der Waals surface area contributed by atoms with Crippen LogP contribution >= 0.6 is 11.8 Å². The minimum atomic E-state index is -0.509. The fourth-order valence-electron chi connectivity index (χ4n) is 3.00. The average Bonchev–Trinajstić information content (AvgIpc) is 2.66. The SMILES string of the molecule is CCCOC[C@H]1C(C)=CS[C@@H]2[C@H](NC(=O)COc3ccccc3)C(=O)N21. The molecule has 0 spiro atoms. The molecule has 3 rings (SSSR count). The van der Waals surface area contributed by atoms with Crippen molar-refractivity contribution >= 4 is 23.6 Å². The molecule has 2 aliphatic rings. The van der Waals surface area contributed by atoms with Gasteiger partial charge in [-0.2, -0.15) is 0 Å². The molecule has 2 aliphatic heterocycles. The molecule has 3 atom stereocenters. The Hall–Kier alpha value is -1.99. The van der Waals surface area contributed by atoms with Crippen molar-refractivity contribution in [3.63, 3.8) is 0 Å². The van der Waals surface area contributed by atoms with Gasteiger partial charge in [0.2, 0.25) is 5.91 Å². The average molecular weight is 376 g/mol. The minimum absolute atomic E-state index is 0.0472. The molecule has 2 amide bonds. The summed E-state index contributed by atoms with van der Waals surface area (Å²) in [6.45, 7) is 5.14. The van der Waals surface area contributed by atoms with Crippen molar-refractivity contribution < 1.29 is 19.1 Å². The Balaban J connectivity index is 1.53. The van der Waals surface area contributed by atoms with Crippen LogP contribution in [0.5, 0.6) is 5.75 Å². The summed E-state index contributed by atoms with van der Waals surface area (Å²) < 4.78 is 11.1. The summed E-state index contributed by atoms with van der Waals surface area (Å²) in [5.41, 5.74) is 1.12. The highest BCUT2D eigenvalue weighted by atomic mass is 32.2. The lowest BCUT2D eigenvalue weighted by atomic mass is 9.99. The second kappa shape index (κ2) is 8.60. The lowest BCUT2D eigenvalue weighted by Gasteiger charge is -2.52. The van der Waals surface area contributed by atoms with E-state index in [1.54, 1.807) is 23.9 Å². The zero-order valence-electron chi connectivity index (χ0n) is 15.0. The number of thioether (sulfide) groups is 1. The molecule has 7 heteroatoms. The molecular formula is C19H24N2O4S. The first-order valence-electron chi connectivity index (χ1n) is 8.81. The van der Waals surface area contributed by atoms with E-state index < -0.39 is 6.04 Å². The summed E-state index contributed by atoms with van der Waals surface area (Å²) in [4.78, 5) is 26.5. The van der Waals surface area contributed by atoms with Crippen LogP contribution in [-0.4, -0.2) is 54.0 Å². The third-order valence-corrected chi connectivity index (χ3v) is 5.67. The highest BCUT2D eigenvalue weighted by Gasteiger charge is 2.53. The molecule has 26 heavy (non-hydrogen) atoms. The number of para-hydroxylation sites is 1. The van der Waals surface area contributed by atoms with Crippen LogP contribution in [0.2, 0.25) is 0 Å². The van der Waals surface area contributed by atoms with E-state index in [1.807, 2.05) is 30.0 Å². The van der Waals surface area contributed by atoms with Crippen molar-refractivity contribution in [1.29, 1.82) is 0 Å². The zero-order valence-corrected chi connectivity index (χ0v) is 15.8. The molecule has 0 radical (unpaired) electrons. The van der Waals surface area contributed by atoms with Crippen LogP contribution in [-0.2, 0) is 14.3 Å². The van der Waals surface area contributed by atoms with E-state index in [-0.39, 0.29) is 29.8 Å². The van der Waals surface area contributed by atoms with Gasteiger partial charge in [-0.25, -0.2) is 0 Å². The van der Waals surface area contributed by atoms with Crippen LogP contribution < -0.4 is 10.1 Å². The van der Waals surface area contributed by atoms with Gasteiger partial charge in [0.1, 0.15) is 17.2 Å². The topological polar surface area (TPSA) is 67.9 Å². The number of β-lactam (4-membered cyclic amide) rings is 1. The third-order valence-electron chi connectivity index (χ3n) is 4.39. The molecule has 1 saturated heterocycles. The fourth-order valence-corrected chi connectivity index (χ4v) is 4.24. The molecule has 0 aromatic heterocycles. The summed E-state index contributed by atoms with van der Waals surface area (Å²) >= 11 is 1.56. The summed E-state index contributed by atoms with van der Waals surface area (Å²) in [7, 11) is 0. The Kier molecular flexibility index (Phi) is 6.21. The number of benzene rings is 1. The van der Waals surface area contributed by atoms with Crippen molar-refractivity contribution in [2.75, 3.05) is 19.8 Å². The Morgan fingerprint density at radius 3 is 2.81 bits per heavy atom. The molecule has 1 N–H and O–H groups in total. The Labute approximate surface area is 157 Å². The van der Waals surface area contributed by atoms with Crippen molar-refractivity contribution in [1.82, 2.24) is 10.2 Å². The number of hydrogen-bond donors (Lipinski definition) is 1. The van der Waals surface area contributed by atoms with Gasteiger partial charge in [0.15, 0.2) is 6.61 Å². The molecule has 0 bridgehead atoms. The summed E-state index contributed by atoms with van der Waals surface area (Å²) in [5, 5.41) is 4.77. The summed E-state index contributed by atoms with van der Waals surface area (Å²) in [6, 6.07) is 8.58. The van der Waals surface area contributed by atoms with Gasteiger partial charge in [0.05, 0.1) is 12.6 Å². The second-order valence-electron chi connectivity index (χ2n) is 6.37. The van der Waals surface area contributed by atoms with Crippen LogP contribution in [0.15, 0.2) is 41.3 Å². The highest BCUT2D eigenvalue weighted by molar-refractivity contribution is 8.02. The molecule has 2 heterocycles. The predicted molar refractivity (Wildman–Crippen MR) is 101 cm³/mol. The normalized spacial score (nSPS) is 24.4. The standard InChI is InChI=1S/C19H24N2O4S/c1-3-9-24-10-15-13(2)12-26-19-17(18(23)21(15)19)20-16(22)11-25-14-7-5-4-6-8-14/h4-8,12,15,17,19H,3,9-11H2,1-2H3,(H,20,22)/t15-,17+,19+/m0/s1. The molecule has 0 unspecified atom stereocenters. The van der Waals surface area contributed by atoms with E-state index in [1.165, 1.54) is 0 Å². The van der Waals surface area contributed by atoms with Crippen molar-refractivity contribution in [2.24, 2.45) is 0 Å². The van der Waals surface area contributed by atoms with Gasteiger partial charge in [-0.15, -0.1) is 11.8 Å². The van der Waals surface area contributed by atoms with E-state index in [0.717, 1.165) is 12.0 Å². The molecule has 6 nitrogen and oxygen atoms in total. The molecule has 1 fully saturated rings. The number of hydrogen-bond acceptors (Lipinski definition) is 5. The first kappa shape index (κ1) is 18.8. The summed E-state index contributed by atoms with van der Waals surface area (Å²) in [5.74, 6) is 0.272. The van der Waals surface area contributed by atoms with Gasteiger partial charge in [0, 0.05) is 6.61 Å². The minimum Gasteiger partial charge on any atom is -0.484 e. The number of nitrogens with zero attached hydrogens (tertiary/aromatic N) is 1. The van der Waals surface area contributed by atoms with E-state index in [9.17, 15) is 9.59 Å². The third kappa shape index (κ3) is 4.04. The fraction of sp³-hybridized carbons (Fsp3) is 0.474. The van der Waals surface area contributed by atoms with Gasteiger partial charge in [-0.1, -0.05) is 25.1 Å². The van der Waals surface area contributed by atoms with Crippen molar-refractivity contribution in [3.05, 3.63) is 41.3 Å². The number of carbonyl (C=O) groups is 2. The number of fused-ring (bicyclic) bond motifs is 1. The Bertz CT molecular complexity index is 679. The molecule has 140 valence electrons.